The molecule has 0 amide bonds. The second-order valence-electron chi connectivity index (χ2n) is 6.06. The Labute approximate surface area is 158 Å². The van der Waals surface area contributed by atoms with E-state index in [0.29, 0.717) is 19.0 Å². The summed E-state index contributed by atoms with van der Waals surface area (Å²) in [7, 11) is 0. The van der Waals surface area contributed by atoms with Crippen LogP contribution in [0.3, 0.4) is 0 Å². The van der Waals surface area contributed by atoms with Crippen molar-refractivity contribution in [3.63, 3.8) is 0 Å². The molecule has 0 bridgehead atoms. The number of rotatable bonds is 3. The van der Waals surface area contributed by atoms with E-state index in [1.165, 1.54) is 17.2 Å². The number of carboxylic acid groups (broad SMARTS) is 1. The topological polar surface area (TPSA) is 68.9 Å². The number of para-hydroxylation sites is 1. The zero-order chi connectivity index (χ0) is 19.2. The van der Waals surface area contributed by atoms with E-state index >= 15 is 0 Å². The molecular formula is C22H22O5. The smallest absolute Gasteiger partial charge is 0.371 e. The van der Waals surface area contributed by atoms with Crippen molar-refractivity contribution >= 4 is 11.5 Å². The number of aromatic carboxylic acids is 1. The number of hydrogen-bond acceptors (Lipinski definition) is 4. The highest BCUT2D eigenvalue weighted by molar-refractivity contribution is 5.85. The summed E-state index contributed by atoms with van der Waals surface area (Å²) in [4.78, 5) is 10.1. The summed E-state index contributed by atoms with van der Waals surface area (Å²) in [5.41, 5.74) is 3.64. The Morgan fingerprint density at radius 1 is 1.19 bits per heavy atom. The van der Waals surface area contributed by atoms with Crippen LogP contribution in [0.15, 0.2) is 70.4 Å². The lowest BCUT2D eigenvalue weighted by molar-refractivity contribution is 0.0661. The lowest BCUT2D eigenvalue weighted by atomic mass is 9.95. The average Bonchev–Trinajstić information content (AvgIpc) is 2.99. The van der Waals surface area contributed by atoms with Gasteiger partial charge in [-0.15, -0.1) is 0 Å². The molecule has 5 nitrogen and oxygen atoms in total. The molecule has 0 saturated carbocycles. The van der Waals surface area contributed by atoms with E-state index in [0.717, 1.165) is 23.5 Å². The first-order chi connectivity index (χ1) is 13.1. The minimum atomic E-state index is -1.02. The SMILES string of the molecule is CCOC1=CCC=C2COc3ccccc3C2=C1.Cc1ccc(C(=O)O)o1. The number of hydrogen-bond donors (Lipinski definition) is 1. The van der Waals surface area contributed by atoms with E-state index in [1.807, 2.05) is 25.1 Å². The summed E-state index contributed by atoms with van der Waals surface area (Å²) in [5, 5.41) is 8.30. The molecular weight excluding hydrogens is 344 g/mol. The summed E-state index contributed by atoms with van der Waals surface area (Å²) in [6.07, 6.45) is 7.36. The molecule has 1 aromatic heterocycles. The predicted molar refractivity (Wildman–Crippen MR) is 103 cm³/mol. The van der Waals surface area contributed by atoms with E-state index in [-0.39, 0.29) is 5.76 Å². The molecule has 0 saturated heterocycles. The van der Waals surface area contributed by atoms with Crippen molar-refractivity contribution in [2.75, 3.05) is 13.2 Å². The second kappa shape index (κ2) is 8.45. The number of aryl methyl sites for hydroxylation is 1. The van der Waals surface area contributed by atoms with Crippen LogP contribution in [-0.2, 0) is 4.74 Å². The van der Waals surface area contributed by atoms with E-state index in [4.69, 9.17) is 19.0 Å². The minimum Gasteiger partial charge on any atom is -0.494 e. The second-order valence-corrected chi connectivity index (χ2v) is 6.06. The van der Waals surface area contributed by atoms with Gasteiger partial charge in [0.1, 0.15) is 23.9 Å². The Balaban J connectivity index is 0.000000197. The fourth-order valence-corrected chi connectivity index (χ4v) is 2.90. The molecule has 1 aromatic carbocycles. The fraction of sp³-hybridized carbons (Fsp3) is 0.227. The first-order valence-corrected chi connectivity index (χ1v) is 8.84. The van der Waals surface area contributed by atoms with Crippen LogP contribution in [0.2, 0.25) is 0 Å². The Morgan fingerprint density at radius 2 is 2.00 bits per heavy atom. The zero-order valence-electron chi connectivity index (χ0n) is 15.4. The monoisotopic (exact) mass is 366 g/mol. The van der Waals surface area contributed by atoms with Crippen LogP contribution in [-0.4, -0.2) is 24.3 Å². The molecule has 0 fully saturated rings. The first-order valence-electron chi connectivity index (χ1n) is 8.84. The zero-order valence-corrected chi connectivity index (χ0v) is 15.4. The van der Waals surface area contributed by atoms with Crippen molar-refractivity contribution in [1.82, 2.24) is 0 Å². The summed E-state index contributed by atoms with van der Waals surface area (Å²) < 4.78 is 16.2. The van der Waals surface area contributed by atoms with E-state index in [1.54, 1.807) is 13.0 Å². The van der Waals surface area contributed by atoms with Gasteiger partial charge in [0.2, 0.25) is 5.76 Å². The standard InChI is InChI=1S/C16H16O2.C6H6O3/c1-2-17-13-7-5-6-12-11-18-16-9-4-3-8-14(16)15(12)10-13;1-4-2-3-5(9-4)6(7)8/h3-4,6-10H,2,5,11H2,1H3;2-3H,1H3,(H,7,8). The van der Waals surface area contributed by atoms with Crippen LogP contribution in [0.5, 0.6) is 5.75 Å². The number of fused-ring (bicyclic) bond motifs is 3. The summed E-state index contributed by atoms with van der Waals surface area (Å²) >= 11 is 0. The Morgan fingerprint density at radius 3 is 2.67 bits per heavy atom. The molecule has 0 spiro atoms. The van der Waals surface area contributed by atoms with Crippen molar-refractivity contribution < 1.29 is 23.8 Å². The highest BCUT2D eigenvalue weighted by atomic mass is 16.5. The van der Waals surface area contributed by atoms with Gasteiger partial charge in [0.15, 0.2) is 0 Å². The molecule has 2 aliphatic rings. The summed E-state index contributed by atoms with van der Waals surface area (Å²) in [6, 6.07) is 11.2. The highest BCUT2D eigenvalue weighted by Crippen LogP contribution is 2.37. The molecule has 2 heterocycles. The van der Waals surface area contributed by atoms with E-state index in [9.17, 15) is 4.79 Å². The third-order valence-electron chi connectivity index (χ3n) is 4.14. The molecule has 4 rings (SSSR count). The largest absolute Gasteiger partial charge is 0.494 e. The molecule has 27 heavy (non-hydrogen) atoms. The quantitative estimate of drug-likeness (QED) is 0.828. The van der Waals surface area contributed by atoms with E-state index < -0.39 is 5.97 Å². The Hall–Kier alpha value is -3.21. The number of carbonyl (C=O) groups is 1. The van der Waals surface area contributed by atoms with Crippen LogP contribution in [0.4, 0.5) is 0 Å². The van der Waals surface area contributed by atoms with Gasteiger partial charge in [-0.05, 0) is 61.8 Å². The molecule has 5 heteroatoms. The van der Waals surface area contributed by atoms with Crippen molar-refractivity contribution in [2.45, 2.75) is 20.3 Å². The molecule has 0 atom stereocenters. The molecule has 0 unspecified atom stereocenters. The van der Waals surface area contributed by atoms with Gasteiger partial charge in [-0.2, -0.15) is 0 Å². The third-order valence-corrected chi connectivity index (χ3v) is 4.14. The van der Waals surface area contributed by atoms with Crippen molar-refractivity contribution in [1.29, 1.82) is 0 Å². The predicted octanol–water partition coefficient (Wildman–Crippen LogP) is 5.00. The lowest BCUT2D eigenvalue weighted by Gasteiger charge is -2.22. The van der Waals surface area contributed by atoms with Gasteiger partial charge in [-0.1, -0.05) is 24.3 Å². The van der Waals surface area contributed by atoms with Crippen molar-refractivity contribution in [3.8, 4) is 5.75 Å². The maximum absolute atomic E-state index is 10.1. The maximum Gasteiger partial charge on any atom is 0.371 e. The molecule has 2 aromatic rings. The van der Waals surface area contributed by atoms with Gasteiger partial charge < -0.3 is 19.0 Å². The normalized spacial score (nSPS) is 14.7. The number of allylic oxidation sites excluding steroid dienone is 3. The third kappa shape index (κ3) is 4.50. The van der Waals surface area contributed by atoms with Crippen LogP contribution in [0, 0.1) is 6.92 Å². The molecule has 1 N–H and O–H groups in total. The van der Waals surface area contributed by atoms with E-state index in [2.05, 4.69) is 24.3 Å². The van der Waals surface area contributed by atoms with Crippen LogP contribution in [0.25, 0.3) is 5.57 Å². The number of benzene rings is 1. The number of ether oxygens (including phenoxy) is 2. The van der Waals surface area contributed by atoms with Gasteiger partial charge in [0.25, 0.3) is 0 Å². The number of furan rings is 1. The number of carboxylic acids is 1. The van der Waals surface area contributed by atoms with Gasteiger partial charge >= 0.3 is 5.97 Å². The Kier molecular flexibility index (Phi) is 5.81. The minimum absolute atomic E-state index is 0.00694. The molecule has 140 valence electrons. The van der Waals surface area contributed by atoms with Gasteiger partial charge in [-0.3, -0.25) is 0 Å². The summed E-state index contributed by atoms with van der Waals surface area (Å²) in [5.74, 6) is 1.50. The van der Waals surface area contributed by atoms with Crippen LogP contribution < -0.4 is 4.74 Å². The van der Waals surface area contributed by atoms with Crippen molar-refractivity contribution in [3.05, 3.63) is 83.0 Å². The molecule has 1 aliphatic heterocycles. The summed E-state index contributed by atoms with van der Waals surface area (Å²) in [6.45, 7) is 5.06. The average molecular weight is 366 g/mol. The highest BCUT2D eigenvalue weighted by Gasteiger charge is 2.20. The molecule has 0 radical (unpaired) electrons. The van der Waals surface area contributed by atoms with Crippen molar-refractivity contribution in [2.24, 2.45) is 0 Å². The van der Waals surface area contributed by atoms with Crippen LogP contribution >= 0.6 is 0 Å². The maximum atomic E-state index is 10.1. The fourth-order valence-electron chi connectivity index (χ4n) is 2.90. The van der Waals surface area contributed by atoms with Gasteiger partial charge in [0, 0.05) is 5.56 Å². The Bertz CT molecular complexity index is 914. The lowest BCUT2D eigenvalue weighted by Crippen LogP contribution is -2.11. The van der Waals surface area contributed by atoms with Gasteiger partial charge in [-0.25, -0.2) is 4.79 Å². The first kappa shape index (κ1) is 18.6. The van der Waals surface area contributed by atoms with Gasteiger partial charge in [0.05, 0.1) is 6.61 Å². The van der Waals surface area contributed by atoms with Crippen LogP contribution in [0.1, 0.15) is 35.2 Å². The molecule has 1 aliphatic carbocycles.